The lowest BCUT2D eigenvalue weighted by Gasteiger charge is -2.28. The largest absolute Gasteiger partial charge is 0.481 e. The highest BCUT2D eigenvalue weighted by Gasteiger charge is 2.35. The zero-order valence-electron chi connectivity index (χ0n) is 34.3. The number of carbonyl (C=O) groups excluding carboxylic acids is 7. The molecule has 1 fully saturated rings. The number of aliphatic hydroxyl groups excluding tert-OH is 1. The van der Waals surface area contributed by atoms with Gasteiger partial charge in [0.1, 0.15) is 36.3 Å². The molecule has 9 atom stereocenters. The van der Waals surface area contributed by atoms with Crippen LogP contribution < -0.4 is 42.5 Å². The van der Waals surface area contributed by atoms with Crippen molar-refractivity contribution in [1.29, 1.82) is 0 Å². The maximum atomic E-state index is 13.4. The zero-order chi connectivity index (χ0) is 44.4. The second-order valence-electron chi connectivity index (χ2n) is 15.1. The minimum Gasteiger partial charge on any atom is -0.481 e. The maximum absolute atomic E-state index is 13.4. The van der Waals surface area contributed by atoms with Gasteiger partial charge in [0.05, 0.1) is 18.7 Å². The van der Waals surface area contributed by atoms with E-state index in [0.717, 1.165) is 13.3 Å². The molecule has 0 saturated carbocycles. The lowest BCUT2D eigenvalue weighted by atomic mass is 9.96. The monoisotopic (exact) mass is 832 g/mol. The summed E-state index contributed by atoms with van der Waals surface area (Å²) in [7, 11) is 0. The van der Waals surface area contributed by atoms with Gasteiger partial charge in [-0.05, 0) is 57.1 Å². The molecule has 0 spiro atoms. The normalized spacial score (nSPS) is 17.7. The fraction of sp³-hybridized carbons (Fsp3) is 0.615. The van der Waals surface area contributed by atoms with Crippen molar-refractivity contribution < 1.29 is 58.5 Å². The predicted molar refractivity (Wildman–Crippen MR) is 212 cm³/mol. The lowest BCUT2D eigenvalue weighted by Crippen LogP contribution is -2.60. The quantitative estimate of drug-likeness (QED) is 0.0541. The first-order chi connectivity index (χ1) is 27.7. The Bertz CT molecular complexity index is 1640. The number of hydrogen-bond acceptors (Lipinski definition) is 11. The summed E-state index contributed by atoms with van der Waals surface area (Å²) in [5.74, 6) is -8.87. The van der Waals surface area contributed by atoms with Crippen LogP contribution in [0.25, 0.3) is 0 Å². The van der Waals surface area contributed by atoms with Crippen LogP contribution >= 0.6 is 0 Å². The van der Waals surface area contributed by atoms with Crippen molar-refractivity contribution in [3.05, 3.63) is 35.9 Å². The molecule has 0 aliphatic carbocycles. The van der Waals surface area contributed by atoms with Crippen LogP contribution in [-0.4, -0.2) is 130 Å². The van der Waals surface area contributed by atoms with Crippen molar-refractivity contribution in [2.45, 2.75) is 128 Å². The Morgan fingerprint density at radius 2 is 1.34 bits per heavy atom. The molecule has 0 unspecified atom stereocenters. The summed E-state index contributed by atoms with van der Waals surface area (Å²) in [4.78, 5) is 115. The smallest absolute Gasteiger partial charge is 0.326 e. The van der Waals surface area contributed by atoms with E-state index < -0.39 is 121 Å². The van der Waals surface area contributed by atoms with Gasteiger partial charge < -0.3 is 57.9 Å². The first-order valence-corrected chi connectivity index (χ1v) is 19.7. The van der Waals surface area contributed by atoms with E-state index in [9.17, 15) is 58.5 Å². The Balaban J connectivity index is 2.04. The number of nitrogens with one attached hydrogen (secondary N) is 8. The summed E-state index contributed by atoms with van der Waals surface area (Å²) in [6.45, 7) is 9.52. The summed E-state index contributed by atoms with van der Waals surface area (Å²) in [6.07, 6.45) is -0.707. The molecular formula is C39H60N8O12. The van der Waals surface area contributed by atoms with Gasteiger partial charge in [-0.15, -0.1) is 0 Å². The molecule has 1 aromatic carbocycles. The molecule has 0 radical (unpaired) electrons. The van der Waals surface area contributed by atoms with E-state index in [2.05, 4.69) is 42.5 Å². The highest BCUT2D eigenvalue weighted by atomic mass is 16.4. The van der Waals surface area contributed by atoms with Gasteiger partial charge in [-0.25, -0.2) is 4.79 Å². The predicted octanol–water partition coefficient (Wildman–Crippen LogP) is -1.94. The molecule has 1 saturated heterocycles. The molecule has 1 heterocycles. The van der Waals surface area contributed by atoms with Crippen LogP contribution in [0.4, 0.5) is 0 Å². The summed E-state index contributed by atoms with van der Waals surface area (Å²) in [5, 5.41) is 49.5. The molecule has 0 aromatic heterocycles. The van der Waals surface area contributed by atoms with Gasteiger partial charge in [0.25, 0.3) is 0 Å². The molecule has 7 amide bonds. The lowest BCUT2D eigenvalue weighted by molar-refractivity contribution is -0.143. The van der Waals surface area contributed by atoms with Crippen LogP contribution in [0.1, 0.15) is 79.2 Å². The van der Waals surface area contributed by atoms with E-state index in [4.69, 9.17) is 0 Å². The summed E-state index contributed by atoms with van der Waals surface area (Å²) in [5.41, 5.74) is 0.590. The van der Waals surface area contributed by atoms with E-state index in [1.165, 1.54) is 6.92 Å². The first kappa shape index (κ1) is 49.5. The average Bonchev–Trinajstić information content (AvgIpc) is 3.73. The highest BCUT2D eigenvalue weighted by molar-refractivity contribution is 5.97. The molecule has 2 rings (SSSR count). The van der Waals surface area contributed by atoms with Crippen LogP contribution in [-0.2, 0) is 49.6 Å². The van der Waals surface area contributed by atoms with Crippen LogP contribution in [0, 0.1) is 11.8 Å². The van der Waals surface area contributed by atoms with Crippen molar-refractivity contribution in [2.75, 3.05) is 13.1 Å². The summed E-state index contributed by atoms with van der Waals surface area (Å²) < 4.78 is 0. The van der Waals surface area contributed by atoms with Gasteiger partial charge >= 0.3 is 11.9 Å². The Morgan fingerprint density at radius 1 is 0.729 bits per heavy atom. The van der Waals surface area contributed by atoms with Crippen LogP contribution in [0.2, 0.25) is 0 Å². The molecule has 20 nitrogen and oxygen atoms in total. The van der Waals surface area contributed by atoms with E-state index in [-0.39, 0.29) is 18.2 Å². The second kappa shape index (κ2) is 24.3. The van der Waals surface area contributed by atoms with Crippen LogP contribution in [0.15, 0.2) is 30.3 Å². The van der Waals surface area contributed by atoms with Gasteiger partial charge in [0.15, 0.2) is 0 Å². The Hall–Kier alpha value is -5.63. The van der Waals surface area contributed by atoms with E-state index in [0.29, 0.717) is 24.9 Å². The molecular weight excluding hydrogens is 772 g/mol. The standard InChI is InChI=1S/C39H60N8O12/c1-7-21(4)31(46-34(53)25-14-11-17-40-25)37(56)45-30(20(2)3)36(55)41-19-28(49)42-22(5)33(52)43-26(15-16-29(50)51)35(54)47-32(23(6)48)38(57)44-27(39(58)59)18-24-12-9-8-10-13-24/h8-10,12-13,20-23,25-27,30-32,40,48H,7,11,14-19H2,1-6H3,(H,41,55)(H,42,49)(H,43,52)(H,44,57)(H,45,56)(H,46,53)(H,47,54)(H,50,51)(H,58,59)/t21-,22-,23+,25-,26-,27-,30-,31-,32-/m0/s1. The zero-order valence-corrected chi connectivity index (χ0v) is 34.3. The van der Waals surface area contributed by atoms with Crippen LogP contribution in [0.3, 0.4) is 0 Å². The first-order valence-electron chi connectivity index (χ1n) is 19.7. The van der Waals surface area contributed by atoms with Gasteiger partial charge in [-0.2, -0.15) is 0 Å². The van der Waals surface area contributed by atoms with E-state index >= 15 is 0 Å². The number of aliphatic carboxylic acids is 2. The van der Waals surface area contributed by atoms with Crippen molar-refractivity contribution in [3.63, 3.8) is 0 Å². The number of carbonyl (C=O) groups is 9. The molecule has 1 aliphatic rings. The summed E-state index contributed by atoms with van der Waals surface area (Å²) >= 11 is 0. The minimum atomic E-state index is -1.71. The van der Waals surface area contributed by atoms with Gasteiger partial charge in [0.2, 0.25) is 41.4 Å². The number of rotatable bonds is 24. The Morgan fingerprint density at radius 3 is 1.88 bits per heavy atom. The number of benzene rings is 1. The third-order valence-corrected chi connectivity index (χ3v) is 9.85. The number of carboxylic acids is 2. The Kier molecular flexibility index (Phi) is 20.4. The van der Waals surface area contributed by atoms with Crippen molar-refractivity contribution in [1.82, 2.24) is 42.5 Å². The SMILES string of the molecule is CC[C@H](C)[C@H](NC(=O)[C@@H]1CCCN1)C(=O)N[C@H](C(=O)NCC(=O)N[C@@H](C)C(=O)N[C@@H](CCC(=O)O)C(=O)N[C@H](C(=O)N[C@@H](Cc1ccccc1)C(=O)O)[C@@H](C)O)C(C)C. The number of amides is 7. The molecule has 1 aromatic rings. The molecule has 59 heavy (non-hydrogen) atoms. The fourth-order valence-corrected chi connectivity index (χ4v) is 6.08. The number of aliphatic hydroxyl groups is 1. The molecule has 11 N–H and O–H groups in total. The molecule has 1 aliphatic heterocycles. The Labute approximate surface area is 343 Å². The van der Waals surface area contributed by atoms with Crippen molar-refractivity contribution in [2.24, 2.45) is 11.8 Å². The summed E-state index contributed by atoms with van der Waals surface area (Å²) in [6, 6.07) is -0.0992. The molecule has 0 bridgehead atoms. The average molecular weight is 833 g/mol. The maximum Gasteiger partial charge on any atom is 0.326 e. The van der Waals surface area contributed by atoms with E-state index in [1.54, 1.807) is 51.1 Å². The number of hydrogen-bond donors (Lipinski definition) is 11. The number of carboxylic acid groups (broad SMARTS) is 2. The van der Waals surface area contributed by atoms with Crippen molar-refractivity contribution >= 4 is 53.3 Å². The second-order valence-corrected chi connectivity index (χ2v) is 15.1. The molecule has 20 heteroatoms. The van der Waals surface area contributed by atoms with Gasteiger partial charge in [-0.1, -0.05) is 64.4 Å². The minimum absolute atomic E-state index is 0.111. The van der Waals surface area contributed by atoms with E-state index in [1.807, 2.05) is 6.92 Å². The van der Waals surface area contributed by atoms with Crippen molar-refractivity contribution in [3.8, 4) is 0 Å². The van der Waals surface area contributed by atoms with Gasteiger partial charge in [-0.3, -0.25) is 38.4 Å². The van der Waals surface area contributed by atoms with Crippen LogP contribution in [0.5, 0.6) is 0 Å². The highest BCUT2D eigenvalue weighted by Crippen LogP contribution is 2.13. The van der Waals surface area contributed by atoms with Gasteiger partial charge in [0, 0.05) is 12.8 Å². The third-order valence-electron chi connectivity index (χ3n) is 9.85. The topological polar surface area (TPSA) is 311 Å². The molecule has 328 valence electrons. The third kappa shape index (κ3) is 16.6. The fourth-order valence-electron chi connectivity index (χ4n) is 6.08.